The molecule has 152 valence electrons. The maximum Gasteiger partial charge on any atom is 0.246 e. The van der Waals surface area contributed by atoms with Crippen LogP contribution in [0.1, 0.15) is 25.2 Å². The van der Waals surface area contributed by atoms with E-state index < -0.39 is 10.0 Å². The van der Waals surface area contributed by atoms with Crippen LogP contribution in [-0.4, -0.2) is 42.6 Å². The third-order valence-electron chi connectivity index (χ3n) is 4.81. The molecule has 1 saturated heterocycles. The highest BCUT2D eigenvalue weighted by Gasteiger charge is 2.37. The van der Waals surface area contributed by atoms with Crippen LogP contribution in [-0.2, 0) is 10.0 Å². The van der Waals surface area contributed by atoms with E-state index in [1.807, 2.05) is 6.92 Å². The molecule has 0 radical (unpaired) electrons. The number of nitrogens with zero attached hydrogens (tertiary/aromatic N) is 3. The summed E-state index contributed by atoms with van der Waals surface area (Å²) in [5, 5.41) is 3.95. The zero-order valence-electron chi connectivity index (χ0n) is 15.8. The molecule has 1 aliphatic heterocycles. The summed E-state index contributed by atoms with van der Waals surface area (Å²) in [6.45, 7) is 2.78. The zero-order chi connectivity index (χ0) is 20.4. The summed E-state index contributed by atoms with van der Waals surface area (Å²) >= 11 is 0. The van der Waals surface area contributed by atoms with Crippen molar-refractivity contribution < 1.29 is 22.1 Å². The van der Waals surface area contributed by atoms with E-state index in [1.165, 1.54) is 16.4 Å². The third kappa shape index (κ3) is 3.88. The maximum absolute atomic E-state index is 13.1. The maximum atomic E-state index is 13.1. The Morgan fingerprint density at radius 2 is 1.97 bits per heavy atom. The first-order chi connectivity index (χ1) is 14.0. The van der Waals surface area contributed by atoms with Gasteiger partial charge in [-0.1, -0.05) is 17.3 Å². The summed E-state index contributed by atoms with van der Waals surface area (Å²) in [4.78, 5) is 4.53. The molecule has 3 aromatic rings. The van der Waals surface area contributed by atoms with Gasteiger partial charge in [0, 0.05) is 18.7 Å². The Morgan fingerprint density at radius 3 is 2.72 bits per heavy atom. The molecule has 0 N–H and O–H groups in total. The number of benzene rings is 2. The Balaban J connectivity index is 1.53. The van der Waals surface area contributed by atoms with Gasteiger partial charge in [0.05, 0.1) is 12.5 Å². The van der Waals surface area contributed by atoms with Crippen LogP contribution < -0.4 is 4.74 Å². The Hall–Kier alpha value is -2.78. The van der Waals surface area contributed by atoms with Crippen molar-refractivity contribution in [2.45, 2.75) is 24.2 Å². The van der Waals surface area contributed by atoms with Crippen LogP contribution in [0.5, 0.6) is 5.75 Å². The normalized spacial score (nSPS) is 17.5. The third-order valence-corrected chi connectivity index (χ3v) is 6.72. The molecule has 2 heterocycles. The smallest absolute Gasteiger partial charge is 0.246 e. The van der Waals surface area contributed by atoms with E-state index in [-0.39, 0.29) is 23.2 Å². The Labute approximate surface area is 168 Å². The SMILES string of the molecule is CCOc1ccccc1S(=O)(=O)N1CC[C@@H](c2nc(-c3ccc(F)cc3)no2)C1. The Bertz CT molecular complexity index is 1100. The molecule has 0 amide bonds. The van der Waals surface area contributed by atoms with Crippen molar-refractivity contribution in [2.24, 2.45) is 0 Å². The number of para-hydroxylation sites is 1. The fraction of sp³-hybridized carbons (Fsp3) is 0.300. The van der Waals surface area contributed by atoms with Gasteiger partial charge in [-0.25, -0.2) is 12.8 Å². The molecule has 1 fully saturated rings. The molecule has 9 heteroatoms. The van der Waals surface area contributed by atoms with Crippen molar-refractivity contribution in [3.05, 3.63) is 60.2 Å². The molecule has 2 aromatic carbocycles. The molecule has 0 unspecified atom stereocenters. The van der Waals surface area contributed by atoms with Crippen molar-refractivity contribution in [1.82, 2.24) is 14.4 Å². The molecule has 29 heavy (non-hydrogen) atoms. The fourth-order valence-electron chi connectivity index (χ4n) is 3.34. The number of aromatic nitrogens is 2. The van der Waals surface area contributed by atoms with Crippen molar-refractivity contribution >= 4 is 10.0 Å². The molecule has 0 spiro atoms. The summed E-state index contributed by atoms with van der Waals surface area (Å²) in [6, 6.07) is 12.4. The standard InChI is InChI=1S/C20H20FN3O4S/c1-2-27-17-5-3-4-6-18(17)29(25,26)24-12-11-15(13-24)20-22-19(23-28-20)14-7-9-16(21)10-8-14/h3-10,15H,2,11-13H2,1H3/t15-/m1/s1. The predicted octanol–water partition coefficient (Wildman–Crippen LogP) is 3.45. The number of halogens is 1. The van der Waals surface area contributed by atoms with Crippen molar-refractivity contribution in [3.63, 3.8) is 0 Å². The second-order valence-corrected chi connectivity index (χ2v) is 8.60. The lowest BCUT2D eigenvalue weighted by Crippen LogP contribution is -2.29. The average Bonchev–Trinajstić information content (AvgIpc) is 3.39. The van der Waals surface area contributed by atoms with Crippen LogP contribution in [0.15, 0.2) is 57.9 Å². The molecule has 1 atom stereocenters. The highest BCUT2D eigenvalue weighted by atomic mass is 32.2. The van der Waals surface area contributed by atoms with Gasteiger partial charge in [0.1, 0.15) is 16.5 Å². The van der Waals surface area contributed by atoms with Gasteiger partial charge in [-0.3, -0.25) is 0 Å². The van der Waals surface area contributed by atoms with Gasteiger partial charge < -0.3 is 9.26 Å². The number of sulfonamides is 1. The first-order valence-corrected chi connectivity index (χ1v) is 10.7. The number of rotatable bonds is 6. The van der Waals surface area contributed by atoms with Crippen molar-refractivity contribution in [2.75, 3.05) is 19.7 Å². The van der Waals surface area contributed by atoms with Crippen LogP contribution in [0.2, 0.25) is 0 Å². The minimum absolute atomic E-state index is 0.153. The predicted molar refractivity (Wildman–Crippen MR) is 103 cm³/mol. The first-order valence-electron chi connectivity index (χ1n) is 9.30. The Morgan fingerprint density at radius 1 is 1.21 bits per heavy atom. The van der Waals surface area contributed by atoms with E-state index in [4.69, 9.17) is 9.26 Å². The summed E-state index contributed by atoms with van der Waals surface area (Å²) in [6.07, 6.45) is 0.571. The van der Waals surface area contributed by atoms with Gasteiger partial charge in [-0.2, -0.15) is 9.29 Å². The molecule has 4 rings (SSSR count). The van der Waals surface area contributed by atoms with E-state index in [9.17, 15) is 12.8 Å². The van der Waals surface area contributed by atoms with Crippen LogP contribution in [0, 0.1) is 5.82 Å². The lowest BCUT2D eigenvalue weighted by Gasteiger charge is -2.18. The number of ether oxygens (including phenoxy) is 1. The van der Waals surface area contributed by atoms with E-state index in [2.05, 4.69) is 10.1 Å². The van der Waals surface area contributed by atoms with Gasteiger partial charge >= 0.3 is 0 Å². The summed E-state index contributed by atoms with van der Waals surface area (Å²) in [5.74, 6) is 0.519. The number of hydrogen-bond acceptors (Lipinski definition) is 6. The summed E-state index contributed by atoms with van der Waals surface area (Å²) < 4.78 is 51.6. The summed E-state index contributed by atoms with van der Waals surface area (Å²) in [7, 11) is -3.71. The lowest BCUT2D eigenvalue weighted by atomic mass is 10.1. The second kappa shape index (κ2) is 7.92. The van der Waals surface area contributed by atoms with E-state index in [0.717, 1.165) is 0 Å². The van der Waals surface area contributed by atoms with Crippen LogP contribution in [0.25, 0.3) is 11.4 Å². The van der Waals surface area contributed by atoms with Gasteiger partial charge in [-0.15, -0.1) is 0 Å². The topological polar surface area (TPSA) is 85.5 Å². The lowest BCUT2D eigenvalue weighted by molar-refractivity contribution is 0.329. The monoisotopic (exact) mass is 417 g/mol. The first kappa shape index (κ1) is 19.5. The quantitative estimate of drug-likeness (QED) is 0.611. The van der Waals surface area contributed by atoms with Crippen molar-refractivity contribution in [3.8, 4) is 17.1 Å². The highest BCUT2D eigenvalue weighted by molar-refractivity contribution is 7.89. The Kier molecular flexibility index (Phi) is 5.33. The fourth-order valence-corrected chi connectivity index (χ4v) is 4.97. The molecule has 1 aromatic heterocycles. The minimum Gasteiger partial charge on any atom is -0.492 e. The van der Waals surface area contributed by atoms with Gasteiger partial charge in [-0.05, 0) is 49.7 Å². The summed E-state index contributed by atoms with van der Waals surface area (Å²) in [5.41, 5.74) is 0.634. The van der Waals surface area contributed by atoms with Crippen LogP contribution >= 0.6 is 0 Å². The molecule has 0 bridgehead atoms. The van der Waals surface area contributed by atoms with Crippen LogP contribution in [0.3, 0.4) is 0 Å². The zero-order valence-corrected chi connectivity index (χ0v) is 16.6. The van der Waals surface area contributed by atoms with E-state index >= 15 is 0 Å². The second-order valence-electron chi connectivity index (χ2n) is 6.69. The van der Waals surface area contributed by atoms with Gasteiger partial charge in [0.15, 0.2) is 0 Å². The molecule has 0 saturated carbocycles. The molecule has 0 aliphatic carbocycles. The van der Waals surface area contributed by atoms with Gasteiger partial charge in [0.2, 0.25) is 21.7 Å². The average molecular weight is 417 g/mol. The molecular weight excluding hydrogens is 397 g/mol. The minimum atomic E-state index is -3.71. The molecular formula is C20H20FN3O4S. The highest BCUT2D eigenvalue weighted by Crippen LogP contribution is 2.34. The largest absolute Gasteiger partial charge is 0.492 e. The van der Waals surface area contributed by atoms with E-state index in [1.54, 1.807) is 36.4 Å². The van der Waals surface area contributed by atoms with Crippen molar-refractivity contribution in [1.29, 1.82) is 0 Å². The number of hydrogen-bond donors (Lipinski definition) is 0. The molecule has 1 aliphatic rings. The van der Waals surface area contributed by atoms with Crippen LogP contribution in [0.4, 0.5) is 4.39 Å². The van der Waals surface area contributed by atoms with E-state index in [0.29, 0.717) is 42.6 Å². The van der Waals surface area contributed by atoms with Gasteiger partial charge in [0.25, 0.3) is 0 Å². The molecule has 7 nitrogen and oxygen atoms in total.